The molecule has 1 unspecified atom stereocenters. The fourth-order valence-electron chi connectivity index (χ4n) is 4.26. The molecule has 3 rings (SSSR count). The number of benzene rings is 1. The van der Waals surface area contributed by atoms with Gasteiger partial charge in [0.05, 0.1) is 7.11 Å². The Labute approximate surface area is 219 Å². The zero-order chi connectivity index (χ0) is 28.1. The number of ether oxygens (including phenoxy) is 5. The van der Waals surface area contributed by atoms with E-state index >= 15 is 0 Å². The second-order valence-electron chi connectivity index (χ2n) is 8.98. The van der Waals surface area contributed by atoms with Crippen molar-refractivity contribution in [1.29, 1.82) is 0 Å². The van der Waals surface area contributed by atoms with Gasteiger partial charge in [0.25, 0.3) is 0 Å². The summed E-state index contributed by atoms with van der Waals surface area (Å²) in [7, 11) is 1.46. The Hall–Kier alpha value is -3.45. The van der Waals surface area contributed by atoms with Crippen LogP contribution in [-0.2, 0) is 41.6 Å². The molecule has 208 valence electrons. The first-order valence-electron chi connectivity index (χ1n) is 11.9. The van der Waals surface area contributed by atoms with Crippen molar-refractivity contribution in [3.8, 4) is 11.5 Å². The van der Waals surface area contributed by atoms with Gasteiger partial charge in [-0.25, -0.2) is 9.59 Å². The van der Waals surface area contributed by atoms with E-state index in [2.05, 4.69) is 6.58 Å². The normalized spacial score (nSPS) is 24.8. The number of phenolic OH excluding ortho intramolecular Hbond substituents is 1. The van der Waals surface area contributed by atoms with Crippen LogP contribution in [0.3, 0.4) is 0 Å². The highest BCUT2D eigenvalue weighted by atomic mass is 16.7. The molecule has 0 saturated carbocycles. The number of methoxy groups -OCH3 is 1. The molecule has 0 radical (unpaired) electrons. The number of fused-ring (bicyclic) bond motifs is 1. The second kappa shape index (κ2) is 12.4. The van der Waals surface area contributed by atoms with E-state index in [4.69, 9.17) is 23.7 Å². The predicted molar refractivity (Wildman–Crippen MR) is 129 cm³/mol. The average Bonchev–Trinajstić information content (AvgIpc) is 3.29. The maximum absolute atomic E-state index is 12.4. The van der Waals surface area contributed by atoms with E-state index in [1.807, 2.05) is 0 Å². The average molecular weight is 537 g/mol. The van der Waals surface area contributed by atoms with Gasteiger partial charge in [-0.05, 0) is 32.3 Å². The quantitative estimate of drug-likeness (QED) is 0.187. The van der Waals surface area contributed by atoms with Crippen molar-refractivity contribution in [2.45, 2.75) is 70.4 Å². The molecule has 0 bridgehead atoms. The van der Waals surface area contributed by atoms with Gasteiger partial charge in [0.1, 0.15) is 48.6 Å². The zero-order valence-electron chi connectivity index (χ0n) is 21.3. The highest BCUT2D eigenvalue weighted by molar-refractivity contribution is 5.98. The van der Waals surface area contributed by atoms with Crippen molar-refractivity contribution >= 4 is 17.9 Å². The van der Waals surface area contributed by atoms with Crippen LogP contribution in [-0.4, -0.2) is 82.8 Å². The summed E-state index contributed by atoms with van der Waals surface area (Å²) >= 11 is 0. The molecule has 12 nitrogen and oxygen atoms in total. The Morgan fingerprint density at radius 1 is 1.16 bits per heavy atom. The third-order valence-electron chi connectivity index (χ3n) is 6.42. The van der Waals surface area contributed by atoms with Crippen LogP contribution < -0.4 is 4.74 Å². The number of hydrogen-bond donors (Lipinski definition) is 4. The number of phenols is 1. The molecule has 12 heteroatoms. The first-order chi connectivity index (χ1) is 18.0. The highest BCUT2D eigenvalue weighted by Crippen LogP contribution is 2.42. The molecule has 2 heterocycles. The molecule has 1 saturated heterocycles. The molecule has 1 aromatic carbocycles. The number of allylic oxidation sites excluding steroid dienone is 2. The van der Waals surface area contributed by atoms with Gasteiger partial charge in [-0.2, -0.15) is 0 Å². The van der Waals surface area contributed by atoms with Crippen LogP contribution >= 0.6 is 0 Å². The monoisotopic (exact) mass is 536 g/mol. The lowest BCUT2D eigenvalue weighted by molar-refractivity contribution is -0.287. The molecule has 0 spiro atoms. The molecular formula is C26H32O12. The van der Waals surface area contributed by atoms with Crippen LogP contribution in [0.25, 0.3) is 0 Å². The first-order valence-corrected chi connectivity index (χ1v) is 11.9. The Kier molecular flexibility index (Phi) is 9.50. The zero-order valence-corrected chi connectivity index (χ0v) is 21.3. The highest BCUT2D eigenvalue weighted by Gasteiger charge is 2.49. The molecule has 2 aliphatic heterocycles. The molecule has 5 atom stereocenters. The minimum Gasteiger partial charge on any atom is -0.507 e. The van der Waals surface area contributed by atoms with Crippen LogP contribution in [0, 0.1) is 6.92 Å². The number of hydrogen-bond acceptors (Lipinski definition) is 12. The van der Waals surface area contributed by atoms with E-state index in [1.165, 1.54) is 13.2 Å². The van der Waals surface area contributed by atoms with E-state index in [1.54, 1.807) is 19.9 Å². The van der Waals surface area contributed by atoms with Crippen molar-refractivity contribution < 1.29 is 58.5 Å². The summed E-state index contributed by atoms with van der Waals surface area (Å²) in [6.45, 7) is 6.82. The fourth-order valence-corrected chi connectivity index (χ4v) is 4.26. The van der Waals surface area contributed by atoms with E-state index in [0.717, 1.165) is 5.57 Å². The summed E-state index contributed by atoms with van der Waals surface area (Å²) in [5.74, 6) is -2.18. The maximum Gasteiger partial charge on any atom is 0.342 e. The van der Waals surface area contributed by atoms with E-state index in [0.29, 0.717) is 22.4 Å². The van der Waals surface area contributed by atoms with Crippen molar-refractivity contribution in [2.24, 2.45) is 0 Å². The topological polar surface area (TPSA) is 178 Å². The number of aliphatic hydroxyl groups excluding tert-OH is 3. The number of cyclic esters (lactones) is 1. The summed E-state index contributed by atoms with van der Waals surface area (Å²) in [6, 6.07) is 0. The molecule has 4 N–H and O–H groups in total. The molecule has 38 heavy (non-hydrogen) atoms. The summed E-state index contributed by atoms with van der Waals surface area (Å²) < 4.78 is 25.6. The van der Waals surface area contributed by atoms with Crippen molar-refractivity contribution in [2.75, 3.05) is 13.7 Å². The molecule has 1 fully saturated rings. The third-order valence-corrected chi connectivity index (χ3v) is 6.42. The fraction of sp³-hybridized carbons (Fsp3) is 0.500. The summed E-state index contributed by atoms with van der Waals surface area (Å²) in [6.07, 6.45) is -5.44. The van der Waals surface area contributed by atoms with Crippen molar-refractivity contribution in [3.05, 3.63) is 46.6 Å². The Bertz CT molecular complexity index is 1120. The van der Waals surface area contributed by atoms with Gasteiger partial charge >= 0.3 is 17.9 Å². The number of aliphatic hydroxyl groups is 3. The van der Waals surface area contributed by atoms with Crippen LogP contribution in [0.1, 0.15) is 46.8 Å². The lowest BCUT2D eigenvalue weighted by Gasteiger charge is -2.38. The Balaban J connectivity index is 1.62. The third kappa shape index (κ3) is 5.99. The van der Waals surface area contributed by atoms with Crippen LogP contribution in [0.2, 0.25) is 0 Å². The van der Waals surface area contributed by atoms with Crippen molar-refractivity contribution in [3.63, 3.8) is 0 Å². The summed E-state index contributed by atoms with van der Waals surface area (Å²) in [4.78, 5) is 36.5. The number of aromatic hydroxyl groups is 1. The smallest absolute Gasteiger partial charge is 0.342 e. The molecule has 0 aliphatic carbocycles. The number of esters is 3. The van der Waals surface area contributed by atoms with Crippen LogP contribution in [0.5, 0.6) is 11.5 Å². The molecule has 1 aromatic rings. The molecular weight excluding hydrogens is 504 g/mol. The lowest BCUT2D eigenvalue weighted by atomic mass is 9.94. The number of rotatable bonds is 10. The van der Waals surface area contributed by atoms with E-state index in [9.17, 15) is 34.8 Å². The van der Waals surface area contributed by atoms with Gasteiger partial charge in [0, 0.05) is 17.5 Å². The standard InChI is InChI=1S/C26H32O12/c1-5-10-35-25(33)23-20(30)19(29)21(31)26(38-23)37-16(27)9-7-12(2)6-8-14-18(28)17-15(11-36-24(17)32)13(3)22(14)34-4/h5-6,19-21,23,26,28-31H,1,7-11H2,2-4H3/b12-6+/t19?,20-,21+,23-,26+/m0/s1. The Morgan fingerprint density at radius 3 is 2.53 bits per heavy atom. The number of carbonyl (C=O) groups excluding carboxylic acids is 3. The SMILES string of the molecule is C=CCOC(=O)[C@H]1O[C@@H](OC(=O)CC/C(C)=C/Cc2c(O)c3c(c(C)c2OC)COC3=O)[C@H](O)C(O)[C@@H]1O. The lowest BCUT2D eigenvalue weighted by Crippen LogP contribution is -2.60. The summed E-state index contributed by atoms with van der Waals surface area (Å²) in [5, 5.41) is 40.9. The van der Waals surface area contributed by atoms with Gasteiger partial charge in [-0.3, -0.25) is 4.79 Å². The van der Waals surface area contributed by atoms with Crippen LogP contribution in [0.4, 0.5) is 0 Å². The van der Waals surface area contributed by atoms with Gasteiger partial charge in [0.2, 0.25) is 6.29 Å². The molecule has 0 amide bonds. The first kappa shape index (κ1) is 29.1. The Morgan fingerprint density at radius 2 is 1.87 bits per heavy atom. The second-order valence-corrected chi connectivity index (χ2v) is 8.98. The summed E-state index contributed by atoms with van der Waals surface area (Å²) in [5.41, 5.74) is 2.55. The van der Waals surface area contributed by atoms with Crippen molar-refractivity contribution in [1.82, 2.24) is 0 Å². The maximum atomic E-state index is 12.4. The number of carbonyl (C=O) groups is 3. The van der Waals surface area contributed by atoms with Gasteiger partial charge in [-0.15, -0.1) is 0 Å². The van der Waals surface area contributed by atoms with Gasteiger partial charge < -0.3 is 44.1 Å². The van der Waals surface area contributed by atoms with Gasteiger partial charge in [0.15, 0.2) is 6.10 Å². The molecule has 0 aromatic heterocycles. The van der Waals surface area contributed by atoms with E-state index < -0.39 is 48.6 Å². The van der Waals surface area contributed by atoms with Gasteiger partial charge in [-0.1, -0.05) is 24.3 Å². The van der Waals surface area contributed by atoms with Crippen LogP contribution in [0.15, 0.2) is 24.3 Å². The largest absolute Gasteiger partial charge is 0.507 e. The minimum atomic E-state index is -1.82. The predicted octanol–water partition coefficient (Wildman–Crippen LogP) is 0.729. The molecule has 2 aliphatic rings. The minimum absolute atomic E-state index is 0.0628. The van der Waals surface area contributed by atoms with E-state index in [-0.39, 0.29) is 43.8 Å².